The number of hydrogen-bond donors (Lipinski definition) is 2. The van der Waals surface area contributed by atoms with E-state index in [0.29, 0.717) is 11.7 Å². The van der Waals surface area contributed by atoms with Gasteiger partial charge < -0.3 is 10.3 Å². The van der Waals surface area contributed by atoms with Crippen LogP contribution in [-0.2, 0) is 0 Å². The summed E-state index contributed by atoms with van der Waals surface area (Å²) in [5.41, 5.74) is 3.51. The second-order valence-corrected chi connectivity index (χ2v) is 13.4. The summed E-state index contributed by atoms with van der Waals surface area (Å²) in [5.74, 6) is -0.00571. The lowest BCUT2D eigenvalue weighted by atomic mass is 10.1. The Morgan fingerprint density at radius 2 is 1.88 bits per heavy atom. The molecule has 1 saturated heterocycles. The first-order valence-electron chi connectivity index (χ1n) is 9.35. The molecule has 2 N–H and O–H groups in total. The molecule has 0 atom stereocenters. The smallest absolute Gasteiger partial charge is 0.267 e. The molecule has 0 saturated carbocycles. The van der Waals surface area contributed by atoms with E-state index in [1.54, 1.807) is 0 Å². The van der Waals surface area contributed by atoms with Crippen LogP contribution >= 0.6 is 0 Å². The molecular formula is C21H25N3OSi. The van der Waals surface area contributed by atoms with Crippen molar-refractivity contribution in [3.8, 4) is 11.3 Å². The molecule has 0 unspecified atom stereocenters. The number of nitrogens with zero attached hydrogens (tertiary/aromatic N) is 1. The highest BCUT2D eigenvalue weighted by atomic mass is 28.3. The van der Waals surface area contributed by atoms with E-state index < -0.39 is 8.07 Å². The lowest BCUT2D eigenvalue weighted by Gasteiger charge is -2.33. The van der Waals surface area contributed by atoms with E-state index in [2.05, 4.69) is 28.4 Å². The third-order valence-electron chi connectivity index (χ3n) is 5.49. The highest BCUT2D eigenvalue weighted by Gasteiger charge is 2.29. The van der Waals surface area contributed by atoms with Gasteiger partial charge in [-0.1, -0.05) is 55.5 Å². The summed E-state index contributed by atoms with van der Waals surface area (Å²) in [6.45, 7) is 4.89. The Hall–Kier alpha value is -2.40. The zero-order valence-corrected chi connectivity index (χ0v) is 16.4. The summed E-state index contributed by atoms with van der Waals surface area (Å²) in [5, 5.41) is 4.23. The van der Waals surface area contributed by atoms with Gasteiger partial charge in [0.2, 0.25) is 0 Å². The Kier molecular flexibility index (Phi) is 4.40. The van der Waals surface area contributed by atoms with Gasteiger partial charge in [-0.3, -0.25) is 9.78 Å². The molecule has 4 rings (SSSR count). The van der Waals surface area contributed by atoms with Crippen LogP contribution in [0.5, 0.6) is 0 Å². The standard InChI is InChI=1S/C21H25N3OSi/c1-26(2)10-8-17(9-11-26)23-21(25)19-13-16-12-18(22-14-20(16)24-19)15-6-4-3-5-7-15/h3-7,12-14,17,24H,8-11H2,1-2H3,(H,23,25). The molecule has 0 aliphatic carbocycles. The lowest BCUT2D eigenvalue weighted by molar-refractivity contribution is 0.0929. The third kappa shape index (κ3) is 3.58. The molecule has 4 nitrogen and oxygen atoms in total. The quantitative estimate of drug-likeness (QED) is 0.655. The van der Waals surface area contributed by atoms with Gasteiger partial charge in [-0.15, -0.1) is 0 Å². The Morgan fingerprint density at radius 3 is 2.62 bits per heavy atom. The fourth-order valence-electron chi connectivity index (χ4n) is 3.73. The Labute approximate surface area is 155 Å². The zero-order chi connectivity index (χ0) is 18.1. The maximum atomic E-state index is 12.6. The van der Waals surface area contributed by atoms with Crippen molar-refractivity contribution in [2.24, 2.45) is 0 Å². The van der Waals surface area contributed by atoms with E-state index in [-0.39, 0.29) is 5.91 Å². The molecule has 1 amide bonds. The molecule has 0 bridgehead atoms. The number of hydrogen-bond acceptors (Lipinski definition) is 2. The van der Waals surface area contributed by atoms with Gasteiger partial charge in [-0.2, -0.15) is 0 Å². The predicted molar refractivity (Wildman–Crippen MR) is 109 cm³/mol. The van der Waals surface area contributed by atoms with Gasteiger partial charge in [0.25, 0.3) is 5.91 Å². The van der Waals surface area contributed by atoms with E-state index in [0.717, 1.165) is 35.0 Å². The summed E-state index contributed by atoms with van der Waals surface area (Å²) < 4.78 is 0. The minimum absolute atomic E-state index is 0.00571. The molecule has 134 valence electrons. The number of benzene rings is 1. The number of rotatable bonds is 3. The molecule has 1 aromatic carbocycles. The van der Waals surface area contributed by atoms with Crippen LogP contribution in [0.1, 0.15) is 23.3 Å². The van der Waals surface area contributed by atoms with Gasteiger partial charge in [-0.05, 0) is 25.0 Å². The second-order valence-electron chi connectivity index (χ2n) is 8.12. The van der Waals surface area contributed by atoms with Crippen LogP contribution in [0.2, 0.25) is 25.2 Å². The van der Waals surface area contributed by atoms with Crippen LogP contribution in [0, 0.1) is 0 Å². The van der Waals surface area contributed by atoms with Crippen LogP contribution in [0.3, 0.4) is 0 Å². The van der Waals surface area contributed by atoms with Crippen LogP contribution < -0.4 is 5.32 Å². The van der Waals surface area contributed by atoms with Crippen molar-refractivity contribution in [1.82, 2.24) is 15.3 Å². The Morgan fingerprint density at radius 1 is 1.15 bits per heavy atom. The van der Waals surface area contributed by atoms with Crippen molar-refractivity contribution in [2.75, 3.05) is 0 Å². The number of aromatic nitrogens is 2. The molecule has 1 aliphatic heterocycles. The molecule has 3 heterocycles. The number of carbonyl (C=O) groups is 1. The first kappa shape index (κ1) is 17.0. The van der Waals surface area contributed by atoms with E-state index in [4.69, 9.17) is 0 Å². The second kappa shape index (κ2) is 6.72. The summed E-state index contributed by atoms with van der Waals surface area (Å²) in [7, 11) is -0.995. The first-order chi connectivity index (χ1) is 12.5. The molecule has 2 aromatic heterocycles. The number of carbonyl (C=O) groups excluding carboxylic acids is 1. The van der Waals surface area contributed by atoms with Crippen LogP contribution in [0.15, 0.2) is 48.7 Å². The minimum Gasteiger partial charge on any atom is -0.349 e. The molecule has 3 aromatic rings. The van der Waals surface area contributed by atoms with Crippen molar-refractivity contribution >= 4 is 24.9 Å². The Bertz CT molecular complexity index is 923. The van der Waals surface area contributed by atoms with Crippen LogP contribution in [-0.4, -0.2) is 30.0 Å². The first-order valence-corrected chi connectivity index (χ1v) is 12.8. The predicted octanol–water partition coefficient (Wildman–Crippen LogP) is 4.83. The number of amides is 1. The molecule has 0 radical (unpaired) electrons. The minimum atomic E-state index is -0.995. The number of fused-ring (bicyclic) bond motifs is 1. The summed E-state index contributed by atoms with van der Waals surface area (Å²) in [6.07, 6.45) is 4.04. The van der Waals surface area contributed by atoms with Crippen molar-refractivity contribution in [3.05, 3.63) is 54.4 Å². The maximum Gasteiger partial charge on any atom is 0.267 e. The number of nitrogens with one attached hydrogen (secondary N) is 2. The lowest BCUT2D eigenvalue weighted by Crippen LogP contribution is -2.42. The van der Waals surface area contributed by atoms with Crippen molar-refractivity contribution in [2.45, 2.75) is 44.1 Å². The summed E-state index contributed by atoms with van der Waals surface area (Å²) in [4.78, 5) is 20.4. The molecular weight excluding hydrogens is 338 g/mol. The molecule has 0 spiro atoms. The number of H-pyrrole nitrogens is 1. The highest BCUT2D eigenvalue weighted by molar-refractivity contribution is 6.77. The fraction of sp³-hybridized carbons (Fsp3) is 0.333. The molecule has 26 heavy (non-hydrogen) atoms. The Balaban J connectivity index is 1.51. The molecule has 1 fully saturated rings. The van der Waals surface area contributed by atoms with Gasteiger partial charge in [0.05, 0.1) is 17.4 Å². The van der Waals surface area contributed by atoms with Crippen LogP contribution in [0.4, 0.5) is 0 Å². The topological polar surface area (TPSA) is 57.8 Å². The van der Waals surface area contributed by atoms with Crippen molar-refractivity contribution in [3.63, 3.8) is 0 Å². The number of pyridine rings is 1. The van der Waals surface area contributed by atoms with Gasteiger partial charge in [-0.25, -0.2) is 0 Å². The summed E-state index contributed by atoms with van der Waals surface area (Å²) >= 11 is 0. The van der Waals surface area contributed by atoms with E-state index in [9.17, 15) is 4.79 Å². The SMILES string of the molecule is C[Si]1(C)CCC(NC(=O)c2cc3cc(-c4ccccc4)ncc3[nH]2)CC1. The maximum absolute atomic E-state index is 12.6. The molecule has 1 aliphatic rings. The normalized spacial score (nSPS) is 17.3. The van der Waals surface area contributed by atoms with E-state index in [1.165, 1.54) is 12.1 Å². The van der Waals surface area contributed by atoms with Gasteiger partial charge >= 0.3 is 0 Å². The highest BCUT2D eigenvalue weighted by Crippen LogP contribution is 2.28. The van der Waals surface area contributed by atoms with Crippen LogP contribution in [0.25, 0.3) is 22.2 Å². The van der Waals surface area contributed by atoms with Gasteiger partial charge in [0, 0.05) is 25.1 Å². The average molecular weight is 364 g/mol. The monoisotopic (exact) mass is 363 g/mol. The van der Waals surface area contributed by atoms with E-state index in [1.807, 2.05) is 48.7 Å². The zero-order valence-electron chi connectivity index (χ0n) is 15.4. The van der Waals surface area contributed by atoms with Crippen molar-refractivity contribution < 1.29 is 4.79 Å². The van der Waals surface area contributed by atoms with Gasteiger partial charge in [0.15, 0.2) is 0 Å². The molecule has 5 heteroatoms. The fourth-order valence-corrected chi connectivity index (χ4v) is 6.24. The van der Waals surface area contributed by atoms with E-state index >= 15 is 0 Å². The summed E-state index contributed by atoms with van der Waals surface area (Å²) in [6, 6.07) is 17.0. The third-order valence-corrected chi connectivity index (χ3v) is 8.78. The largest absolute Gasteiger partial charge is 0.349 e. The van der Waals surface area contributed by atoms with Crippen molar-refractivity contribution in [1.29, 1.82) is 0 Å². The van der Waals surface area contributed by atoms with Gasteiger partial charge in [0.1, 0.15) is 5.69 Å². The average Bonchev–Trinajstić information content (AvgIpc) is 3.07. The number of aromatic amines is 1.